The van der Waals surface area contributed by atoms with Crippen LogP contribution in [0.2, 0.25) is 5.82 Å². The van der Waals surface area contributed by atoms with Crippen molar-refractivity contribution < 1.29 is 28.3 Å². The number of fused-ring (bicyclic) bond motifs is 1. The van der Waals surface area contributed by atoms with Crippen molar-refractivity contribution in [2.45, 2.75) is 96.1 Å². The van der Waals surface area contributed by atoms with Crippen LogP contribution in [0.15, 0.2) is 0 Å². The topological polar surface area (TPSA) is 55.4 Å². The molecule has 0 amide bonds. The molecule has 2 unspecified atom stereocenters. The van der Waals surface area contributed by atoms with Gasteiger partial charge in [0, 0.05) is 0 Å². The summed E-state index contributed by atoms with van der Waals surface area (Å²) in [7, 11) is 0.672. The van der Waals surface area contributed by atoms with Gasteiger partial charge in [0.1, 0.15) is 24.4 Å². The molecule has 3 heterocycles. The Bertz CT molecular complexity index is 429. The van der Waals surface area contributed by atoms with Crippen molar-refractivity contribution in [3.8, 4) is 0 Å². The molecule has 0 aromatic carbocycles. The Hall–Kier alpha value is -0.175. The predicted octanol–water partition coefficient (Wildman–Crippen LogP) is 1.97. The van der Waals surface area contributed by atoms with Crippen molar-refractivity contribution in [1.82, 2.24) is 0 Å². The standard InChI is InChI=1S/C16H29BO6/c1-7-9(2)17-23-12-11(10-8-18-15(3,4)20-10)19-14-13(12)21-16(5,6)22-14/h9-14,17H,7-8H2,1-6H3/t9?,10-,11-,12-,13-,14?/m1/s1. The summed E-state index contributed by atoms with van der Waals surface area (Å²) in [5.74, 6) is -0.749. The maximum absolute atomic E-state index is 6.19. The average molecular weight is 328 g/mol. The van der Waals surface area contributed by atoms with Crippen molar-refractivity contribution in [3.63, 3.8) is 0 Å². The van der Waals surface area contributed by atoms with E-state index in [0.717, 1.165) is 6.42 Å². The van der Waals surface area contributed by atoms with E-state index in [1.54, 1.807) is 0 Å². The Morgan fingerprint density at radius 2 is 1.83 bits per heavy atom. The highest BCUT2D eigenvalue weighted by Gasteiger charge is 2.58. The average Bonchev–Trinajstić information content (AvgIpc) is 3.05. The molecule has 0 aromatic heterocycles. The molecule has 0 aromatic rings. The lowest BCUT2D eigenvalue weighted by Crippen LogP contribution is -2.45. The Labute approximate surface area is 139 Å². The van der Waals surface area contributed by atoms with E-state index in [4.69, 9.17) is 28.3 Å². The predicted molar refractivity (Wildman–Crippen MR) is 85.3 cm³/mol. The summed E-state index contributed by atoms with van der Waals surface area (Å²) < 4.78 is 35.8. The molecule has 7 heteroatoms. The molecule has 23 heavy (non-hydrogen) atoms. The van der Waals surface area contributed by atoms with Crippen LogP contribution in [0.3, 0.4) is 0 Å². The summed E-state index contributed by atoms with van der Waals surface area (Å²) in [6.07, 6.45) is -0.195. The van der Waals surface area contributed by atoms with Crippen LogP contribution in [-0.2, 0) is 28.3 Å². The lowest BCUT2D eigenvalue weighted by Gasteiger charge is -2.29. The second kappa shape index (κ2) is 6.28. The molecule has 0 bridgehead atoms. The molecule has 0 radical (unpaired) electrons. The fourth-order valence-electron chi connectivity index (χ4n) is 3.26. The zero-order valence-electron chi connectivity index (χ0n) is 15.0. The van der Waals surface area contributed by atoms with Crippen LogP contribution < -0.4 is 0 Å². The molecule has 0 saturated carbocycles. The normalized spacial score (nSPS) is 42.6. The zero-order chi connectivity index (χ0) is 16.8. The van der Waals surface area contributed by atoms with Gasteiger partial charge >= 0.3 is 0 Å². The molecular weight excluding hydrogens is 299 g/mol. The number of ether oxygens (including phenoxy) is 5. The smallest absolute Gasteiger partial charge is 0.278 e. The first kappa shape index (κ1) is 17.6. The van der Waals surface area contributed by atoms with Crippen LogP contribution in [-0.4, -0.2) is 56.4 Å². The highest BCUT2D eigenvalue weighted by molar-refractivity contribution is 6.29. The fraction of sp³-hybridized carbons (Fsp3) is 1.00. The SMILES string of the molecule is CCC(C)BO[C@@H]1[C@@H]([C@H]2COC(C)(C)O2)OC2OC(C)(C)O[C@@H]21. The molecular formula is C16H29BO6. The first-order valence-corrected chi connectivity index (χ1v) is 8.65. The van der Waals surface area contributed by atoms with Crippen LogP contribution in [0.5, 0.6) is 0 Å². The van der Waals surface area contributed by atoms with E-state index >= 15 is 0 Å². The number of hydrogen-bond acceptors (Lipinski definition) is 6. The molecule has 6 atom stereocenters. The Morgan fingerprint density at radius 3 is 2.43 bits per heavy atom. The summed E-state index contributed by atoms with van der Waals surface area (Å²) >= 11 is 0. The van der Waals surface area contributed by atoms with E-state index in [0.29, 0.717) is 19.9 Å². The van der Waals surface area contributed by atoms with Gasteiger partial charge in [-0.2, -0.15) is 0 Å². The van der Waals surface area contributed by atoms with Gasteiger partial charge in [-0.25, -0.2) is 0 Å². The molecule has 0 N–H and O–H groups in total. The van der Waals surface area contributed by atoms with Crippen molar-refractivity contribution in [1.29, 1.82) is 0 Å². The zero-order valence-corrected chi connectivity index (χ0v) is 15.0. The minimum atomic E-state index is -0.648. The summed E-state index contributed by atoms with van der Waals surface area (Å²) in [5, 5.41) is 0. The number of rotatable bonds is 5. The lowest BCUT2D eigenvalue weighted by atomic mass is 9.79. The molecule has 3 aliphatic heterocycles. The quantitative estimate of drug-likeness (QED) is 0.719. The van der Waals surface area contributed by atoms with Crippen LogP contribution in [0.1, 0.15) is 48.0 Å². The molecule has 3 rings (SSSR count). The Morgan fingerprint density at radius 1 is 1.09 bits per heavy atom. The van der Waals surface area contributed by atoms with Gasteiger partial charge < -0.3 is 28.3 Å². The van der Waals surface area contributed by atoms with Crippen molar-refractivity contribution >= 4 is 7.48 Å². The molecule has 6 nitrogen and oxygen atoms in total. The van der Waals surface area contributed by atoms with Gasteiger partial charge in [0.05, 0.1) is 6.61 Å². The Balaban J connectivity index is 1.71. The van der Waals surface area contributed by atoms with E-state index in [-0.39, 0.29) is 24.4 Å². The van der Waals surface area contributed by atoms with Gasteiger partial charge in [0.2, 0.25) is 0 Å². The van der Waals surface area contributed by atoms with Gasteiger partial charge in [0.25, 0.3) is 7.48 Å². The van der Waals surface area contributed by atoms with E-state index in [2.05, 4.69) is 13.8 Å². The third-order valence-electron chi connectivity index (χ3n) is 4.69. The van der Waals surface area contributed by atoms with Gasteiger partial charge in [-0.05, 0) is 33.5 Å². The minimum absolute atomic E-state index is 0.173. The van der Waals surface area contributed by atoms with Gasteiger partial charge in [-0.1, -0.05) is 20.3 Å². The van der Waals surface area contributed by atoms with Crippen molar-refractivity contribution in [2.75, 3.05) is 6.61 Å². The second-order valence-electron chi connectivity index (χ2n) is 7.75. The van der Waals surface area contributed by atoms with Gasteiger partial charge in [-0.3, -0.25) is 0 Å². The molecule has 0 spiro atoms. The maximum Gasteiger partial charge on any atom is 0.278 e. The lowest BCUT2D eigenvalue weighted by molar-refractivity contribution is -0.230. The molecule has 3 aliphatic rings. The summed E-state index contributed by atoms with van der Waals surface area (Å²) in [5.41, 5.74) is 0. The fourth-order valence-corrected chi connectivity index (χ4v) is 3.26. The first-order valence-electron chi connectivity index (χ1n) is 8.65. The van der Waals surface area contributed by atoms with Gasteiger partial charge in [-0.15, -0.1) is 0 Å². The van der Waals surface area contributed by atoms with Crippen LogP contribution >= 0.6 is 0 Å². The van der Waals surface area contributed by atoms with Crippen molar-refractivity contribution in [2.24, 2.45) is 0 Å². The maximum atomic E-state index is 6.19. The third kappa shape index (κ3) is 3.75. The monoisotopic (exact) mass is 328 g/mol. The van der Waals surface area contributed by atoms with Crippen LogP contribution in [0.4, 0.5) is 0 Å². The van der Waals surface area contributed by atoms with E-state index in [9.17, 15) is 0 Å². The molecule has 0 aliphatic carbocycles. The number of hydrogen-bond donors (Lipinski definition) is 0. The second-order valence-corrected chi connectivity index (χ2v) is 7.75. The minimum Gasteiger partial charge on any atom is -0.431 e. The highest BCUT2D eigenvalue weighted by atomic mass is 16.8. The third-order valence-corrected chi connectivity index (χ3v) is 4.69. The van der Waals surface area contributed by atoms with Gasteiger partial charge in [0.15, 0.2) is 17.9 Å². The van der Waals surface area contributed by atoms with E-state index in [1.807, 2.05) is 27.7 Å². The summed E-state index contributed by atoms with van der Waals surface area (Å²) in [6, 6.07) is 0. The molecule has 3 fully saturated rings. The molecule has 132 valence electrons. The van der Waals surface area contributed by atoms with Crippen LogP contribution in [0, 0.1) is 0 Å². The largest absolute Gasteiger partial charge is 0.431 e. The summed E-state index contributed by atoms with van der Waals surface area (Å²) in [6.45, 7) is 12.4. The van der Waals surface area contributed by atoms with E-state index in [1.165, 1.54) is 0 Å². The molecule has 3 saturated heterocycles. The van der Waals surface area contributed by atoms with Crippen molar-refractivity contribution in [3.05, 3.63) is 0 Å². The highest BCUT2D eigenvalue weighted by Crippen LogP contribution is 2.42. The van der Waals surface area contributed by atoms with Crippen LogP contribution in [0.25, 0.3) is 0 Å². The summed E-state index contributed by atoms with van der Waals surface area (Å²) in [4.78, 5) is 0. The Kier molecular flexibility index (Phi) is 4.82. The first-order chi connectivity index (χ1) is 10.7. The van der Waals surface area contributed by atoms with E-state index < -0.39 is 17.9 Å².